The molecule has 0 aliphatic heterocycles. The van der Waals surface area contributed by atoms with Crippen LogP contribution in [0.3, 0.4) is 0 Å². The van der Waals surface area contributed by atoms with Gasteiger partial charge in [0.1, 0.15) is 19.2 Å². The molecular formula is C19H29NO6. The minimum absolute atomic E-state index is 0.0402. The van der Waals surface area contributed by atoms with E-state index in [0.29, 0.717) is 19.4 Å². The van der Waals surface area contributed by atoms with Gasteiger partial charge in [-0.2, -0.15) is 0 Å². The van der Waals surface area contributed by atoms with Crippen molar-refractivity contribution in [1.29, 1.82) is 0 Å². The van der Waals surface area contributed by atoms with Gasteiger partial charge in [0.05, 0.1) is 12.6 Å². The highest BCUT2D eigenvalue weighted by atomic mass is 16.7. The van der Waals surface area contributed by atoms with E-state index < -0.39 is 6.09 Å². The van der Waals surface area contributed by atoms with Crippen molar-refractivity contribution in [2.45, 2.75) is 52.6 Å². The van der Waals surface area contributed by atoms with Crippen molar-refractivity contribution in [3.63, 3.8) is 0 Å². The molecular weight excluding hydrogens is 338 g/mol. The Kier molecular flexibility index (Phi) is 11.3. The molecule has 0 aliphatic carbocycles. The van der Waals surface area contributed by atoms with Gasteiger partial charge in [0.2, 0.25) is 0 Å². The number of Topliss-reactive ketones (excluding diaryl/α,β-unsaturated/α-hetero) is 1. The third-order valence-corrected chi connectivity index (χ3v) is 3.49. The Morgan fingerprint density at radius 3 is 2.54 bits per heavy atom. The molecule has 146 valence electrons. The van der Waals surface area contributed by atoms with Crippen LogP contribution in [0.4, 0.5) is 4.79 Å². The molecule has 0 aliphatic rings. The zero-order valence-electron chi connectivity index (χ0n) is 15.7. The number of ether oxygens (including phenoxy) is 4. The van der Waals surface area contributed by atoms with Gasteiger partial charge in [-0.25, -0.2) is 4.79 Å². The molecule has 0 saturated carbocycles. The van der Waals surface area contributed by atoms with E-state index in [1.807, 2.05) is 37.3 Å². The Labute approximate surface area is 155 Å². The summed E-state index contributed by atoms with van der Waals surface area (Å²) in [6, 6.07) is 9.06. The summed E-state index contributed by atoms with van der Waals surface area (Å²) < 4.78 is 21.2. The van der Waals surface area contributed by atoms with Crippen LogP contribution in [-0.4, -0.2) is 44.2 Å². The molecule has 0 radical (unpaired) electrons. The molecule has 0 bridgehead atoms. The maximum Gasteiger partial charge on any atom is 0.407 e. The zero-order valence-corrected chi connectivity index (χ0v) is 15.7. The monoisotopic (exact) mass is 367 g/mol. The predicted octanol–water partition coefficient (Wildman–Crippen LogP) is 3.02. The lowest BCUT2D eigenvalue weighted by molar-refractivity contribution is -0.185. The highest BCUT2D eigenvalue weighted by molar-refractivity contribution is 5.75. The quantitative estimate of drug-likeness (QED) is 0.426. The van der Waals surface area contributed by atoms with Crippen molar-refractivity contribution < 1.29 is 28.5 Å². The summed E-state index contributed by atoms with van der Waals surface area (Å²) in [6.45, 7) is 6.16. The van der Waals surface area contributed by atoms with E-state index in [0.717, 1.165) is 5.56 Å². The third kappa shape index (κ3) is 10.8. The standard InChI is InChI=1S/C19H29NO6/c1-4-24-16(3)26-14-23-13-18(11-10-15(2)21)20-19(22)25-12-17-8-6-5-7-9-17/h5-9,16,18H,4,10-14H2,1-3H3,(H,20,22)/t16?,18-/m0/s1. The van der Waals surface area contributed by atoms with Gasteiger partial charge >= 0.3 is 6.09 Å². The fourth-order valence-corrected chi connectivity index (χ4v) is 2.12. The van der Waals surface area contributed by atoms with Gasteiger partial charge in [-0.05, 0) is 32.8 Å². The number of carbonyl (C=O) groups is 2. The number of hydrogen-bond acceptors (Lipinski definition) is 6. The van der Waals surface area contributed by atoms with E-state index >= 15 is 0 Å². The Hall–Kier alpha value is -1.96. The number of carbonyl (C=O) groups excluding carboxylic acids is 2. The number of hydrogen-bond donors (Lipinski definition) is 1. The van der Waals surface area contributed by atoms with Gasteiger partial charge in [0.25, 0.3) is 0 Å². The van der Waals surface area contributed by atoms with Crippen molar-refractivity contribution in [2.75, 3.05) is 20.0 Å². The molecule has 0 spiro atoms. The topological polar surface area (TPSA) is 83.1 Å². The van der Waals surface area contributed by atoms with Crippen LogP contribution in [0, 0.1) is 0 Å². The van der Waals surface area contributed by atoms with Crippen LogP contribution in [0.25, 0.3) is 0 Å². The maximum atomic E-state index is 12.0. The summed E-state index contributed by atoms with van der Waals surface area (Å²) in [5.41, 5.74) is 0.900. The lowest BCUT2D eigenvalue weighted by atomic mass is 10.1. The van der Waals surface area contributed by atoms with Crippen LogP contribution in [-0.2, 0) is 30.3 Å². The summed E-state index contributed by atoms with van der Waals surface area (Å²) >= 11 is 0. The highest BCUT2D eigenvalue weighted by Gasteiger charge is 2.15. The average Bonchev–Trinajstić information content (AvgIpc) is 2.62. The van der Waals surface area contributed by atoms with Crippen LogP contribution < -0.4 is 5.32 Å². The minimum Gasteiger partial charge on any atom is -0.445 e. The Morgan fingerprint density at radius 1 is 1.15 bits per heavy atom. The Bertz CT molecular complexity index is 522. The molecule has 0 heterocycles. The summed E-state index contributed by atoms with van der Waals surface area (Å²) in [5, 5.41) is 2.73. The Balaban J connectivity index is 2.36. The smallest absolute Gasteiger partial charge is 0.407 e. The first-order chi connectivity index (χ1) is 12.5. The summed E-state index contributed by atoms with van der Waals surface area (Å²) in [5.74, 6) is 0.0515. The van der Waals surface area contributed by atoms with Gasteiger partial charge in [0.15, 0.2) is 6.29 Å². The molecule has 7 heteroatoms. The van der Waals surface area contributed by atoms with Crippen LogP contribution in [0.15, 0.2) is 30.3 Å². The molecule has 7 nitrogen and oxygen atoms in total. The lowest BCUT2D eigenvalue weighted by Gasteiger charge is -2.19. The van der Waals surface area contributed by atoms with Crippen molar-refractivity contribution in [2.24, 2.45) is 0 Å². The van der Waals surface area contributed by atoms with Crippen molar-refractivity contribution >= 4 is 11.9 Å². The minimum atomic E-state index is -0.547. The second-order valence-corrected chi connectivity index (χ2v) is 5.82. The normalized spacial score (nSPS) is 13.0. The average molecular weight is 367 g/mol. The molecule has 1 aromatic carbocycles. The molecule has 2 atom stereocenters. The highest BCUT2D eigenvalue weighted by Crippen LogP contribution is 2.04. The maximum absolute atomic E-state index is 12.0. The fraction of sp³-hybridized carbons (Fsp3) is 0.579. The molecule has 0 saturated heterocycles. The van der Waals surface area contributed by atoms with Gasteiger partial charge in [0, 0.05) is 13.0 Å². The molecule has 1 N–H and O–H groups in total. The number of alkyl carbamates (subject to hydrolysis) is 1. The van der Waals surface area contributed by atoms with E-state index in [1.165, 1.54) is 6.92 Å². The molecule has 1 unspecified atom stereocenters. The zero-order chi connectivity index (χ0) is 19.2. The molecule has 1 aromatic rings. The number of nitrogens with one attached hydrogen (secondary N) is 1. The first-order valence-corrected chi connectivity index (χ1v) is 8.78. The number of rotatable bonds is 13. The van der Waals surface area contributed by atoms with E-state index in [9.17, 15) is 9.59 Å². The van der Waals surface area contributed by atoms with Gasteiger partial charge < -0.3 is 29.1 Å². The fourth-order valence-electron chi connectivity index (χ4n) is 2.12. The first kappa shape index (κ1) is 22.1. The van der Waals surface area contributed by atoms with E-state index in [2.05, 4.69) is 5.32 Å². The predicted molar refractivity (Wildman–Crippen MR) is 96.5 cm³/mol. The van der Waals surface area contributed by atoms with Crippen molar-refractivity contribution in [1.82, 2.24) is 5.32 Å². The van der Waals surface area contributed by atoms with Gasteiger partial charge in [-0.1, -0.05) is 30.3 Å². The van der Waals surface area contributed by atoms with E-state index in [-0.39, 0.29) is 38.1 Å². The van der Waals surface area contributed by atoms with E-state index in [4.69, 9.17) is 18.9 Å². The third-order valence-electron chi connectivity index (χ3n) is 3.49. The molecule has 26 heavy (non-hydrogen) atoms. The molecule has 1 rings (SSSR count). The van der Waals surface area contributed by atoms with Crippen molar-refractivity contribution in [3.05, 3.63) is 35.9 Å². The largest absolute Gasteiger partial charge is 0.445 e. The molecule has 0 fully saturated rings. The van der Waals surface area contributed by atoms with Crippen LogP contribution >= 0.6 is 0 Å². The van der Waals surface area contributed by atoms with Crippen LogP contribution in [0.2, 0.25) is 0 Å². The molecule has 1 amide bonds. The summed E-state index contributed by atoms with van der Waals surface area (Å²) in [7, 11) is 0. The van der Waals surface area contributed by atoms with Crippen molar-refractivity contribution in [3.8, 4) is 0 Å². The lowest BCUT2D eigenvalue weighted by Crippen LogP contribution is -2.39. The SMILES string of the molecule is CCOC(C)OCOC[C@H](CCC(C)=O)NC(=O)OCc1ccccc1. The van der Waals surface area contributed by atoms with Gasteiger partial charge in [-0.15, -0.1) is 0 Å². The van der Waals surface area contributed by atoms with Crippen LogP contribution in [0.5, 0.6) is 0 Å². The Morgan fingerprint density at radius 2 is 1.88 bits per heavy atom. The second-order valence-electron chi connectivity index (χ2n) is 5.82. The summed E-state index contributed by atoms with van der Waals surface area (Å²) in [4.78, 5) is 23.2. The van der Waals surface area contributed by atoms with Gasteiger partial charge in [-0.3, -0.25) is 0 Å². The first-order valence-electron chi connectivity index (χ1n) is 8.78. The number of amides is 1. The number of benzene rings is 1. The van der Waals surface area contributed by atoms with E-state index in [1.54, 1.807) is 6.92 Å². The second kappa shape index (κ2) is 13.3. The van der Waals surface area contributed by atoms with Crippen LogP contribution in [0.1, 0.15) is 39.2 Å². The summed E-state index contributed by atoms with van der Waals surface area (Å²) in [6.07, 6.45) is -0.0888. The number of ketones is 1. The molecule has 0 aromatic heterocycles.